The fraction of sp³-hybridized carbons (Fsp3) is 0.350. The van der Waals surface area contributed by atoms with Crippen LogP contribution in [-0.2, 0) is 10.0 Å². The zero-order valence-corrected chi connectivity index (χ0v) is 16.1. The van der Waals surface area contributed by atoms with Gasteiger partial charge >= 0.3 is 0 Å². The van der Waals surface area contributed by atoms with Gasteiger partial charge in [0.05, 0.1) is 4.90 Å². The zero-order chi connectivity index (χ0) is 19.4. The van der Waals surface area contributed by atoms with Crippen LogP contribution in [-0.4, -0.2) is 31.7 Å². The van der Waals surface area contributed by atoms with E-state index in [0.717, 1.165) is 25.7 Å². The second-order valence-electron chi connectivity index (χ2n) is 6.76. The first-order valence-corrected chi connectivity index (χ1v) is 10.5. The van der Waals surface area contributed by atoms with E-state index in [1.807, 2.05) is 0 Å². The predicted octanol–water partition coefficient (Wildman–Crippen LogP) is 3.95. The maximum absolute atomic E-state index is 13.2. The Labute approximate surface area is 159 Å². The van der Waals surface area contributed by atoms with E-state index in [1.165, 1.54) is 46.8 Å². The molecule has 1 aliphatic rings. The number of halogens is 1. The van der Waals surface area contributed by atoms with E-state index >= 15 is 0 Å². The highest BCUT2D eigenvalue weighted by atomic mass is 32.2. The van der Waals surface area contributed by atoms with Crippen LogP contribution in [0.3, 0.4) is 0 Å². The minimum absolute atomic E-state index is 0.193. The van der Waals surface area contributed by atoms with Crippen LogP contribution >= 0.6 is 0 Å². The van der Waals surface area contributed by atoms with Gasteiger partial charge in [-0.15, -0.1) is 0 Å². The number of aryl methyl sites for hydroxylation is 1. The third-order valence-corrected chi connectivity index (χ3v) is 6.67. The van der Waals surface area contributed by atoms with Crippen molar-refractivity contribution < 1.29 is 17.6 Å². The Morgan fingerprint density at radius 1 is 1.00 bits per heavy atom. The third-order valence-electron chi connectivity index (χ3n) is 4.76. The second-order valence-corrected chi connectivity index (χ2v) is 8.69. The van der Waals surface area contributed by atoms with Crippen LogP contribution in [0.1, 0.15) is 41.6 Å². The monoisotopic (exact) mass is 390 g/mol. The van der Waals surface area contributed by atoms with Crippen LogP contribution in [0.5, 0.6) is 0 Å². The summed E-state index contributed by atoms with van der Waals surface area (Å²) in [4.78, 5) is 12.6. The molecule has 1 heterocycles. The molecule has 0 bridgehead atoms. The first kappa shape index (κ1) is 19.5. The fourth-order valence-corrected chi connectivity index (χ4v) is 4.69. The Balaban J connectivity index is 1.75. The number of rotatable bonds is 4. The summed E-state index contributed by atoms with van der Waals surface area (Å²) >= 11 is 0. The largest absolute Gasteiger partial charge is 0.322 e. The van der Waals surface area contributed by atoms with Crippen LogP contribution in [0, 0.1) is 12.7 Å². The summed E-state index contributed by atoms with van der Waals surface area (Å²) in [5.41, 5.74) is 1.47. The van der Waals surface area contributed by atoms with Crippen LogP contribution in [0.25, 0.3) is 0 Å². The molecule has 0 radical (unpaired) electrons. The average Bonchev–Trinajstić information content (AvgIpc) is 2.94. The number of nitrogens with zero attached hydrogens (tertiary/aromatic N) is 1. The molecule has 3 rings (SSSR count). The first-order chi connectivity index (χ1) is 12.9. The van der Waals surface area contributed by atoms with E-state index < -0.39 is 10.0 Å². The fourth-order valence-electron chi connectivity index (χ4n) is 3.17. The molecule has 7 heteroatoms. The van der Waals surface area contributed by atoms with Crippen LogP contribution < -0.4 is 5.32 Å². The van der Waals surface area contributed by atoms with Gasteiger partial charge in [-0.05, 0) is 67.8 Å². The minimum Gasteiger partial charge on any atom is -0.322 e. The highest BCUT2D eigenvalue weighted by Gasteiger charge is 2.25. The summed E-state index contributed by atoms with van der Waals surface area (Å²) in [7, 11) is -3.54. The molecule has 0 aromatic heterocycles. The summed E-state index contributed by atoms with van der Waals surface area (Å²) in [6.07, 6.45) is 3.84. The van der Waals surface area contributed by atoms with E-state index in [4.69, 9.17) is 0 Å². The third kappa shape index (κ3) is 4.54. The highest BCUT2D eigenvalue weighted by Crippen LogP contribution is 2.21. The van der Waals surface area contributed by atoms with Gasteiger partial charge in [-0.1, -0.05) is 12.8 Å². The summed E-state index contributed by atoms with van der Waals surface area (Å²) in [5.74, 6) is -0.739. The lowest BCUT2D eigenvalue weighted by atomic mass is 10.1. The summed E-state index contributed by atoms with van der Waals surface area (Å²) in [6.45, 7) is 2.78. The van der Waals surface area contributed by atoms with Crippen LogP contribution in [0.15, 0.2) is 47.4 Å². The molecule has 0 atom stereocenters. The molecule has 0 saturated carbocycles. The Hall–Kier alpha value is -2.25. The number of carbonyl (C=O) groups excluding carboxylic acids is 1. The molecule has 1 amide bonds. The maximum Gasteiger partial charge on any atom is 0.255 e. The van der Waals surface area contributed by atoms with Gasteiger partial charge in [0, 0.05) is 24.3 Å². The Morgan fingerprint density at radius 3 is 2.22 bits per heavy atom. The van der Waals surface area contributed by atoms with Crippen molar-refractivity contribution in [3.05, 3.63) is 59.4 Å². The van der Waals surface area contributed by atoms with E-state index in [1.54, 1.807) is 6.92 Å². The molecule has 1 N–H and O–H groups in total. The Morgan fingerprint density at radius 2 is 1.63 bits per heavy atom. The van der Waals surface area contributed by atoms with Gasteiger partial charge in [-0.3, -0.25) is 4.79 Å². The number of hydrogen-bond donors (Lipinski definition) is 1. The van der Waals surface area contributed by atoms with E-state index in [9.17, 15) is 17.6 Å². The minimum atomic E-state index is -3.54. The quantitative estimate of drug-likeness (QED) is 0.860. The van der Waals surface area contributed by atoms with Gasteiger partial charge in [0.2, 0.25) is 10.0 Å². The number of anilines is 1. The number of nitrogens with one attached hydrogen (secondary N) is 1. The Bertz CT molecular complexity index is 919. The molecular weight excluding hydrogens is 367 g/mol. The van der Waals surface area contributed by atoms with Crippen LogP contribution in [0.2, 0.25) is 0 Å². The van der Waals surface area contributed by atoms with Crippen molar-refractivity contribution in [3.63, 3.8) is 0 Å². The number of amides is 1. The van der Waals surface area contributed by atoms with Gasteiger partial charge in [-0.25, -0.2) is 12.8 Å². The van der Waals surface area contributed by atoms with Crippen molar-refractivity contribution in [1.82, 2.24) is 4.31 Å². The zero-order valence-electron chi connectivity index (χ0n) is 15.2. The van der Waals surface area contributed by atoms with Crippen molar-refractivity contribution in [2.24, 2.45) is 0 Å². The lowest BCUT2D eigenvalue weighted by molar-refractivity contribution is 0.102. The number of benzene rings is 2. The molecule has 1 fully saturated rings. The summed E-state index contributed by atoms with van der Waals surface area (Å²) < 4.78 is 40.3. The summed E-state index contributed by atoms with van der Waals surface area (Å²) in [5, 5.41) is 2.72. The molecule has 0 spiro atoms. The lowest BCUT2D eigenvalue weighted by Gasteiger charge is -2.20. The van der Waals surface area contributed by atoms with Crippen LogP contribution in [0.4, 0.5) is 10.1 Å². The highest BCUT2D eigenvalue weighted by molar-refractivity contribution is 7.89. The molecule has 0 unspecified atom stereocenters. The molecule has 5 nitrogen and oxygen atoms in total. The van der Waals surface area contributed by atoms with Crippen molar-refractivity contribution in [2.45, 2.75) is 37.5 Å². The molecule has 144 valence electrons. The van der Waals surface area contributed by atoms with Crippen molar-refractivity contribution in [3.8, 4) is 0 Å². The summed E-state index contributed by atoms with van der Waals surface area (Å²) in [6, 6.07) is 10.0. The topological polar surface area (TPSA) is 66.5 Å². The van der Waals surface area contributed by atoms with Crippen molar-refractivity contribution in [2.75, 3.05) is 18.4 Å². The normalized spacial score (nSPS) is 15.9. The smallest absolute Gasteiger partial charge is 0.255 e. The molecule has 0 aliphatic carbocycles. The second kappa shape index (κ2) is 8.19. The Kier molecular flexibility index (Phi) is 5.92. The molecule has 2 aromatic carbocycles. The van der Waals surface area contributed by atoms with Gasteiger partial charge in [0.25, 0.3) is 5.91 Å². The maximum atomic E-state index is 13.2. The number of sulfonamides is 1. The lowest BCUT2D eigenvalue weighted by Crippen LogP contribution is -2.31. The van der Waals surface area contributed by atoms with Crippen molar-refractivity contribution >= 4 is 21.6 Å². The SMILES string of the molecule is Cc1cc(F)ccc1NC(=O)c1ccc(S(=O)(=O)N2CCCCCC2)cc1. The average molecular weight is 390 g/mol. The van der Waals surface area contributed by atoms with Gasteiger partial charge < -0.3 is 5.32 Å². The van der Waals surface area contributed by atoms with E-state index in [0.29, 0.717) is 29.9 Å². The standard InChI is InChI=1S/C20H23FN2O3S/c1-15-14-17(21)8-11-19(15)22-20(24)16-6-9-18(10-7-16)27(25,26)23-12-4-2-3-5-13-23/h6-11,14H,2-5,12-13H2,1H3,(H,22,24). The number of carbonyl (C=O) groups is 1. The molecule has 2 aromatic rings. The number of hydrogen-bond acceptors (Lipinski definition) is 3. The van der Waals surface area contributed by atoms with E-state index in [2.05, 4.69) is 5.32 Å². The van der Waals surface area contributed by atoms with Gasteiger partial charge in [0.1, 0.15) is 5.82 Å². The molecule has 1 saturated heterocycles. The van der Waals surface area contributed by atoms with E-state index in [-0.39, 0.29) is 16.6 Å². The molecule has 27 heavy (non-hydrogen) atoms. The van der Waals surface area contributed by atoms with Gasteiger partial charge in [-0.2, -0.15) is 4.31 Å². The van der Waals surface area contributed by atoms with Crippen molar-refractivity contribution in [1.29, 1.82) is 0 Å². The first-order valence-electron chi connectivity index (χ1n) is 9.05. The molecule has 1 aliphatic heterocycles. The van der Waals surface area contributed by atoms with Gasteiger partial charge in [0.15, 0.2) is 0 Å². The predicted molar refractivity (Wildman–Crippen MR) is 103 cm³/mol. The molecular formula is C20H23FN2O3S.